The predicted molar refractivity (Wildman–Crippen MR) is 110 cm³/mol. The van der Waals surface area contributed by atoms with Crippen molar-refractivity contribution in [2.75, 3.05) is 0 Å². The SMILES string of the molecule is N#Cc1ccc(-c2n[nH]c(-c3ccccc3)c2Sc2ccc(Cl)cc2)cc1. The first kappa shape index (κ1) is 17.4. The van der Waals surface area contributed by atoms with Gasteiger partial charge < -0.3 is 0 Å². The highest BCUT2D eigenvalue weighted by Gasteiger charge is 2.17. The van der Waals surface area contributed by atoms with Gasteiger partial charge in [0.1, 0.15) is 5.69 Å². The molecule has 3 nitrogen and oxygen atoms in total. The monoisotopic (exact) mass is 387 g/mol. The number of benzene rings is 3. The van der Waals surface area contributed by atoms with E-state index in [4.69, 9.17) is 16.9 Å². The summed E-state index contributed by atoms with van der Waals surface area (Å²) in [4.78, 5) is 2.11. The third-order valence-electron chi connectivity index (χ3n) is 4.11. The Morgan fingerprint density at radius 1 is 0.852 bits per heavy atom. The average Bonchev–Trinajstić information content (AvgIpc) is 3.14. The smallest absolute Gasteiger partial charge is 0.107 e. The van der Waals surface area contributed by atoms with Gasteiger partial charge in [-0.15, -0.1) is 0 Å². The van der Waals surface area contributed by atoms with Gasteiger partial charge in [0, 0.05) is 21.0 Å². The fraction of sp³-hybridized carbons (Fsp3) is 0. The number of halogens is 1. The summed E-state index contributed by atoms with van der Waals surface area (Å²) >= 11 is 7.66. The molecule has 0 atom stereocenters. The van der Waals surface area contributed by atoms with Gasteiger partial charge in [-0.1, -0.05) is 65.8 Å². The van der Waals surface area contributed by atoms with Crippen LogP contribution in [0.15, 0.2) is 88.7 Å². The van der Waals surface area contributed by atoms with E-state index in [0.29, 0.717) is 10.6 Å². The minimum atomic E-state index is 0.629. The molecule has 4 rings (SSSR count). The first-order valence-electron chi connectivity index (χ1n) is 8.32. The predicted octanol–water partition coefficient (Wildman–Crippen LogP) is 6.42. The van der Waals surface area contributed by atoms with Crippen LogP contribution in [0.5, 0.6) is 0 Å². The Bertz CT molecular complexity index is 1100. The first-order valence-corrected chi connectivity index (χ1v) is 9.52. The highest BCUT2D eigenvalue weighted by atomic mass is 35.5. The molecule has 0 amide bonds. The van der Waals surface area contributed by atoms with E-state index in [9.17, 15) is 0 Å². The molecule has 1 heterocycles. The molecule has 5 heteroatoms. The number of H-pyrrole nitrogens is 1. The van der Waals surface area contributed by atoms with Crippen LogP contribution in [0.1, 0.15) is 5.56 Å². The minimum absolute atomic E-state index is 0.629. The van der Waals surface area contributed by atoms with Crippen LogP contribution in [0.4, 0.5) is 0 Å². The largest absolute Gasteiger partial charge is 0.276 e. The van der Waals surface area contributed by atoms with E-state index in [-0.39, 0.29) is 0 Å². The van der Waals surface area contributed by atoms with Crippen molar-refractivity contribution in [1.29, 1.82) is 5.26 Å². The third-order valence-corrected chi connectivity index (χ3v) is 5.47. The summed E-state index contributed by atoms with van der Waals surface area (Å²) in [5.41, 5.74) is 4.49. The Morgan fingerprint density at radius 2 is 1.56 bits per heavy atom. The maximum Gasteiger partial charge on any atom is 0.107 e. The van der Waals surface area contributed by atoms with E-state index < -0.39 is 0 Å². The van der Waals surface area contributed by atoms with Crippen molar-refractivity contribution in [3.63, 3.8) is 0 Å². The maximum absolute atomic E-state index is 9.04. The van der Waals surface area contributed by atoms with E-state index >= 15 is 0 Å². The lowest BCUT2D eigenvalue weighted by atomic mass is 10.1. The van der Waals surface area contributed by atoms with E-state index in [1.165, 1.54) is 0 Å². The normalized spacial score (nSPS) is 10.5. The van der Waals surface area contributed by atoms with Gasteiger partial charge in [0.25, 0.3) is 0 Å². The summed E-state index contributed by atoms with van der Waals surface area (Å²) < 4.78 is 0. The zero-order valence-electron chi connectivity index (χ0n) is 14.2. The molecule has 4 aromatic rings. The van der Waals surface area contributed by atoms with Gasteiger partial charge in [0.15, 0.2) is 0 Å². The summed E-state index contributed by atoms with van der Waals surface area (Å²) in [6.45, 7) is 0. The van der Waals surface area contributed by atoms with Crippen molar-refractivity contribution >= 4 is 23.4 Å². The van der Waals surface area contributed by atoms with Gasteiger partial charge in [0.05, 0.1) is 22.2 Å². The maximum atomic E-state index is 9.04. The highest BCUT2D eigenvalue weighted by Crippen LogP contribution is 2.41. The van der Waals surface area contributed by atoms with Gasteiger partial charge in [-0.25, -0.2) is 0 Å². The Hall–Kier alpha value is -3.00. The topological polar surface area (TPSA) is 52.5 Å². The second kappa shape index (κ2) is 7.71. The van der Waals surface area contributed by atoms with E-state index in [1.54, 1.807) is 11.8 Å². The number of aromatic amines is 1. The van der Waals surface area contributed by atoms with Crippen LogP contribution in [0.3, 0.4) is 0 Å². The quantitative estimate of drug-likeness (QED) is 0.439. The number of nitrogens with zero attached hydrogens (tertiary/aromatic N) is 2. The second-order valence-electron chi connectivity index (χ2n) is 5.89. The summed E-state index contributed by atoms with van der Waals surface area (Å²) in [7, 11) is 0. The molecule has 3 aromatic carbocycles. The van der Waals surface area contributed by atoms with Crippen LogP contribution in [-0.4, -0.2) is 10.2 Å². The number of hydrogen-bond acceptors (Lipinski definition) is 3. The number of nitriles is 1. The van der Waals surface area contributed by atoms with Crippen LogP contribution >= 0.6 is 23.4 Å². The molecule has 0 radical (unpaired) electrons. The number of hydrogen-bond donors (Lipinski definition) is 1. The molecule has 0 fully saturated rings. The lowest BCUT2D eigenvalue weighted by molar-refractivity contribution is 1.10. The van der Waals surface area contributed by atoms with Crippen molar-refractivity contribution < 1.29 is 0 Å². The zero-order chi connectivity index (χ0) is 18.6. The van der Waals surface area contributed by atoms with Crippen LogP contribution in [0.2, 0.25) is 5.02 Å². The highest BCUT2D eigenvalue weighted by molar-refractivity contribution is 7.99. The van der Waals surface area contributed by atoms with Crippen molar-refractivity contribution in [2.24, 2.45) is 0 Å². The summed E-state index contributed by atoms with van der Waals surface area (Å²) in [5.74, 6) is 0. The molecule has 1 aromatic heterocycles. The molecule has 0 aliphatic carbocycles. The van der Waals surface area contributed by atoms with Crippen molar-refractivity contribution in [1.82, 2.24) is 10.2 Å². The lowest BCUT2D eigenvalue weighted by Crippen LogP contribution is -1.84. The molecule has 0 aliphatic heterocycles. The molecule has 0 bridgehead atoms. The summed E-state index contributed by atoms with van der Waals surface area (Å²) in [5, 5.41) is 17.5. The molecule has 0 saturated heterocycles. The third kappa shape index (κ3) is 3.75. The lowest BCUT2D eigenvalue weighted by Gasteiger charge is -2.07. The second-order valence-corrected chi connectivity index (χ2v) is 7.41. The van der Waals surface area contributed by atoms with Crippen molar-refractivity contribution in [2.45, 2.75) is 9.79 Å². The van der Waals surface area contributed by atoms with Gasteiger partial charge in [0.2, 0.25) is 0 Å². The van der Waals surface area contributed by atoms with Crippen LogP contribution in [-0.2, 0) is 0 Å². The summed E-state index contributed by atoms with van der Waals surface area (Å²) in [6, 6.07) is 27.5. The molecule has 0 unspecified atom stereocenters. The van der Waals surface area contributed by atoms with Crippen LogP contribution < -0.4 is 0 Å². The average molecular weight is 388 g/mol. The van der Waals surface area contributed by atoms with Gasteiger partial charge in [-0.2, -0.15) is 10.4 Å². The van der Waals surface area contributed by atoms with Gasteiger partial charge in [-0.05, 0) is 36.4 Å². The molecule has 0 spiro atoms. The number of aromatic nitrogens is 2. The Balaban J connectivity index is 1.82. The zero-order valence-corrected chi connectivity index (χ0v) is 15.8. The van der Waals surface area contributed by atoms with Gasteiger partial charge in [-0.3, -0.25) is 5.10 Å². The molecule has 0 aliphatic rings. The molecule has 1 N–H and O–H groups in total. The molecular weight excluding hydrogens is 374 g/mol. The van der Waals surface area contributed by atoms with Gasteiger partial charge >= 0.3 is 0 Å². The molecule has 130 valence electrons. The van der Waals surface area contributed by atoms with Crippen molar-refractivity contribution in [3.8, 4) is 28.6 Å². The van der Waals surface area contributed by atoms with E-state index in [0.717, 1.165) is 32.3 Å². The Morgan fingerprint density at radius 3 is 2.22 bits per heavy atom. The van der Waals surface area contributed by atoms with Crippen molar-refractivity contribution in [3.05, 3.63) is 89.4 Å². The first-order chi connectivity index (χ1) is 13.2. The fourth-order valence-corrected chi connectivity index (χ4v) is 3.91. The number of nitrogens with one attached hydrogen (secondary N) is 1. The fourth-order valence-electron chi connectivity index (χ4n) is 2.75. The Kier molecular flexibility index (Phi) is 4.97. The molecule has 0 saturated carbocycles. The Labute approximate surface area is 166 Å². The number of rotatable bonds is 4. The standard InChI is InChI=1S/C22H14ClN3S/c23-18-10-12-19(13-11-18)27-22-20(16-4-2-1-3-5-16)25-26-21(22)17-8-6-15(14-24)7-9-17/h1-13H,(H,25,26). The minimum Gasteiger partial charge on any atom is -0.276 e. The molecular formula is C22H14ClN3S. The summed E-state index contributed by atoms with van der Waals surface area (Å²) in [6.07, 6.45) is 0. The van der Waals surface area contributed by atoms with E-state index in [1.807, 2.05) is 66.7 Å². The van der Waals surface area contributed by atoms with Crippen LogP contribution in [0.25, 0.3) is 22.5 Å². The van der Waals surface area contributed by atoms with Crippen LogP contribution in [0, 0.1) is 11.3 Å². The molecule has 27 heavy (non-hydrogen) atoms. The van der Waals surface area contributed by atoms with E-state index in [2.05, 4.69) is 28.4 Å².